The molecule has 0 saturated carbocycles. The van der Waals surface area contributed by atoms with Gasteiger partial charge in [-0.2, -0.15) is 5.26 Å². The molecule has 0 fully saturated rings. The normalized spacial score (nSPS) is 9.71. The number of nitrogens with one attached hydrogen (secondary N) is 2. The number of carbonyl (C=O) groups excluding carboxylic acids is 1. The lowest BCUT2D eigenvalue weighted by Crippen LogP contribution is -2.22. The smallest absolute Gasteiger partial charge is 0.251 e. The Morgan fingerprint density at radius 2 is 1.95 bits per heavy atom. The van der Waals surface area contributed by atoms with Crippen molar-refractivity contribution >= 4 is 23.0 Å². The zero-order valence-electron chi connectivity index (χ0n) is 11.7. The Kier molecular flexibility index (Phi) is 4.42. The Morgan fingerprint density at radius 1 is 1.24 bits per heavy atom. The van der Waals surface area contributed by atoms with Crippen molar-refractivity contribution in [1.82, 2.24) is 5.32 Å². The highest BCUT2D eigenvalue weighted by molar-refractivity contribution is 5.96. The van der Waals surface area contributed by atoms with Crippen molar-refractivity contribution in [2.45, 2.75) is 6.92 Å². The van der Waals surface area contributed by atoms with Gasteiger partial charge in [0.1, 0.15) is 0 Å². The van der Waals surface area contributed by atoms with Crippen LogP contribution in [0.15, 0.2) is 42.5 Å². The molecular weight excluding hydrogens is 264 g/mol. The lowest BCUT2D eigenvalue weighted by molar-refractivity contribution is 0.0956. The van der Waals surface area contributed by atoms with E-state index in [2.05, 4.69) is 16.7 Å². The third-order valence-electron chi connectivity index (χ3n) is 2.95. The monoisotopic (exact) mass is 280 g/mol. The van der Waals surface area contributed by atoms with Gasteiger partial charge in [0.2, 0.25) is 0 Å². The summed E-state index contributed by atoms with van der Waals surface area (Å²) in [5, 5.41) is 14.7. The number of hydrogen-bond acceptors (Lipinski definition) is 4. The molecule has 5 heteroatoms. The zero-order valence-corrected chi connectivity index (χ0v) is 11.7. The number of benzene rings is 2. The van der Waals surface area contributed by atoms with Gasteiger partial charge in [0, 0.05) is 17.8 Å². The SMILES string of the molecule is CCNC(=O)c1ccc(N)c(Nc2ccc(C#N)cc2)c1. The Hall–Kier alpha value is -3.00. The third-order valence-corrected chi connectivity index (χ3v) is 2.95. The van der Waals surface area contributed by atoms with Gasteiger partial charge in [-0.3, -0.25) is 4.79 Å². The van der Waals surface area contributed by atoms with Crippen LogP contribution in [0.1, 0.15) is 22.8 Å². The summed E-state index contributed by atoms with van der Waals surface area (Å²) in [6.45, 7) is 2.44. The summed E-state index contributed by atoms with van der Waals surface area (Å²) < 4.78 is 0. The van der Waals surface area contributed by atoms with Gasteiger partial charge in [0.25, 0.3) is 5.91 Å². The molecule has 4 N–H and O–H groups in total. The van der Waals surface area contributed by atoms with Crippen molar-refractivity contribution in [1.29, 1.82) is 5.26 Å². The average molecular weight is 280 g/mol. The molecule has 0 aromatic heterocycles. The van der Waals surface area contributed by atoms with Gasteiger partial charge in [-0.1, -0.05) is 0 Å². The quantitative estimate of drug-likeness (QED) is 0.751. The molecule has 2 aromatic rings. The molecule has 0 heterocycles. The van der Waals surface area contributed by atoms with E-state index in [0.717, 1.165) is 5.69 Å². The second kappa shape index (κ2) is 6.44. The van der Waals surface area contributed by atoms with Gasteiger partial charge < -0.3 is 16.4 Å². The van der Waals surface area contributed by atoms with E-state index in [1.54, 1.807) is 42.5 Å². The Balaban J connectivity index is 2.24. The number of nitriles is 1. The van der Waals surface area contributed by atoms with E-state index in [1.165, 1.54) is 0 Å². The summed E-state index contributed by atoms with van der Waals surface area (Å²) in [6.07, 6.45) is 0. The maximum absolute atomic E-state index is 11.8. The van der Waals surface area contributed by atoms with Crippen molar-refractivity contribution in [2.24, 2.45) is 0 Å². The predicted octanol–water partition coefficient (Wildman–Crippen LogP) is 2.63. The Labute approximate surface area is 123 Å². The fourth-order valence-electron chi connectivity index (χ4n) is 1.85. The summed E-state index contributed by atoms with van der Waals surface area (Å²) in [6, 6.07) is 14.2. The first-order valence-electron chi connectivity index (χ1n) is 6.59. The molecule has 5 nitrogen and oxygen atoms in total. The van der Waals surface area contributed by atoms with E-state index in [4.69, 9.17) is 11.0 Å². The molecule has 0 unspecified atom stereocenters. The highest BCUT2D eigenvalue weighted by atomic mass is 16.1. The highest BCUT2D eigenvalue weighted by Gasteiger charge is 2.08. The van der Waals surface area contributed by atoms with Crippen LogP contribution in [-0.4, -0.2) is 12.5 Å². The van der Waals surface area contributed by atoms with E-state index in [-0.39, 0.29) is 5.91 Å². The van der Waals surface area contributed by atoms with Gasteiger partial charge in [0.05, 0.1) is 23.0 Å². The lowest BCUT2D eigenvalue weighted by atomic mass is 10.1. The van der Waals surface area contributed by atoms with E-state index < -0.39 is 0 Å². The average Bonchev–Trinajstić information content (AvgIpc) is 2.50. The molecule has 0 atom stereocenters. The van der Waals surface area contributed by atoms with Crippen molar-refractivity contribution < 1.29 is 4.79 Å². The number of nitrogens with zero attached hydrogens (tertiary/aromatic N) is 1. The van der Waals surface area contributed by atoms with E-state index in [9.17, 15) is 4.79 Å². The zero-order chi connectivity index (χ0) is 15.2. The largest absolute Gasteiger partial charge is 0.397 e. The number of carbonyl (C=O) groups is 1. The third kappa shape index (κ3) is 3.51. The van der Waals surface area contributed by atoms with Gasteiger partial charge in [-0.25, -0.2) is 0 Å². The van der Waals surface area contributed by atoms with E-state index >= 15 is 0 Å². The molecule has 0 radical (unpaired) electrons. The molecule has 2 aromatic carbocycles. The minimum absolute atomic E-state index is 0.139. The fraction of sp³-hybridized carbons (Fsp3) is 0.125. The van der Waals surface area contributed by atoms with Crippen LogP contribution in [0.2, 0.25) is 0 Å². The fourth-order valence-corrected chi connectivity index (χ4v) is 1.85. The van der Waals surface area contributed by atoms with E-state index in [0.29, 0.717) is 29.0 Å². The van der Waals surface area contributed by atoms with E-state index in [1.807, 2.05) is 6.92 Å². The van der Waals surface area contributed by atoms with Crippen LogP contribution in [0, 0.1) is 11.3 Å². The van der Waals surface area contributed by atoms with Crippen molar-refractivity contribution in [2.75, 3.05) is 17.6 Å². The molecule has 1 amide bonds. The van der Waals surface area contributed by atoms with Crippen LogP contribution >= 0.6 is 0 Å². The minimum Gasteiger partial charge on any atom is -0.397 e. The van der Waals surface area contributed by atoms with Crippen LogP contribution in [0.3, 0.4) is 0 Å². The van der Waals surface area contributed by atoms with Crippen LogP contribution in [-0.2, 0) is 0 Å². The van der Waals surface area contributed by atoms with Gasteiger partial charge >= 0.3 is 0 Å². The van der Waals surface area contributed by atoms with Crippen molar-refractivity contribution in [3.63, 3.8) is 0 Å². The number of hydrogen-bond donors (Lipinski definition) is 3. The second-order valence-electron chi connectivity index (χ2n) is 4.48. The first-order chi connectivity index (χ1) is 10.1. The summed E-state index contributed by atoms with van der Waals surface area (Å²) in [7, 11) is 0. The van der Waals surface area contributed by atoms with Crippen molar-refractivity contribution in [3.05, 3.63) is 53.6 Å². The maximum atomic E-state index is 11.8. The van der Waals surface area contributed by atoms with Crippen LogP contribution in [0.25, 0.3) is 0 Å². The molecular formula is C16H16N4O. The number of nitrogen functional groups attached to an aromatic ring is 1. The minimum atomic E-state index is -0.139. The van der Waals surface area contributed by atoms with Gasteiger partial charge in [0.15, 0.2) is 0 Å². The topological polar surface area (TPSA) is 90.9 Å². The number of rotatable bonds is 4. The van der Waals surface area contributed by atoms with Gasteiger partial charge in [-0.05, 0) is 49.4 Å². The van der Waals surface area contributed by atoms with Crippen LogP contribution < -0.4 is 16.4 Å². The maximum Gasteiger partial charge on any atom is 0.251 e. The van der Waals surface area contributed by atoms with Crippen LogP contribution in [0.4, 0.5) is 17.1 Å². The first-order valence-corrected chi connectivity index (χ1v) is 6.59. The Morgan fingerprint density at radius 3 is 2.57 bits per heavy atom. The molecule has 0 aliphatic carbocycles. The number of nitrogens with two attached hydrogens (primary N) is 1. The summed E-state index contributed by atoms with van der Waals surface area (Å²) in [5.41, 5.74) is 9.06. The summed E-state index contributed by atoms with van der Waals surface area (Å²) in [4.78, 5) is 11.8. The lowest BCUT2D eigenvalue weighted by Gasteiger charge is -2.11. The molecule has 106 valence electrons. The molecule has 0 aliphatic rings. The summed E-state index contributed by atoms with van der Waals surface area (Å²) >= 11 is 0. The molecule has 0 bridgehead atoms. The second-order valence-corrected chi connectivity index (χ2v) is 4.48. The molecule has 0 saturated heterocycles. The Bertz CT molecular complexity index is 686. The number of amides is 1. The standard InChI is InChI=1S/C16H16N4O/c1-2-19-16(21)12-5-8-14(18)15(9-12)20-13-6-3-11(10-17)4-7-13/h3-9,20H,2,18H2,1H3,(H,19,21). The predicted molar refractivity (Wildman–Crippen MR) is 83.3 cm³/mol. The number of anilines is 3. The highest BCUT2D eigenvalue weighted by Crippen LogP contribution is 2.24. The van der Waals surface area contributed by atoms with Crippen molar-refractivity contribution in [3.8, 4) is 6.07 Å². The molecule has 21 heavy (non-hydrogen) atoms. The van der Waals surface area contributed by atoms with Gasteiger partial charge in [-0.15, -0.1) is 0 Å². The van der Waals surface area contributed by atoms with Crippen LogP contribution in [0.5, 0.6) is 0 Å². The molecule has 0 spiro atoms. The molecule has 2 rings (SSSR count). The first kappa shape index (κ1) is 14.4. The summed E-state index contributed by atoms with van der Waals surface area (Å²) in [5.74, 6) is -0.139. The molecule has 0 aliphatic heterocycles.